The van der Waals surface area contributed by atoms with Gasteiger partial charge in [-0.1, -0.05) is 42.0 Å². The molecule has 0 amide bonds. The van der Waals surface area contributed by atoms with Crippen molar-refractivity contribution in [2.75, 3.05) is 13.2 Å². The van der Waals surface area contributed by atoms with E-state index in [1.165, 1.54) is 6.07 Å². The third-order valence-corrected chi connectivity index (χ3v) is 5.00. The summed E-state index contributed by atoms with van der Waals surface area (Å²) in [6, 6.07) is 19.9. The van der Waals surface area contributed by atoms with E-state index in [0.29, 0.717) is 29.9 Å². The summed E-state index contributed by atoms with van der Waals surface area (Å²) in [5, 5.41) is 18.6. The van der Waals surface area contributed by atoms with Gasteiger partial charge in [0.05, 0.1) is 18.8 Å². The Morgan fingerprint density at radius 1 is 0.897 bits per heavy atom. The maximum atomic E-state index is 14.6. The Labute approximate surface area is 170 Å². The summed E-state index contributed by atoms with van der Waals surface area (Å²) in [5.41, 5.74) is 8.30. The first kappa shape index (κ1) is 21.0. The lowest BCUT2D eigenvalue weighted by molar-refractivity contribution is 0.115. The maximum Gasteiger partial charge on any atom is 0.134 e. The number of rotatable bonds is 8. The summed E-state index contributed by atoms with van der Waals surface area (Å²) in [6.45, 7) is 1.45. The molecule has 3 aromatic carbocycles. The molecule has 4 N–H and O–H groups in total. The second kappa shape index (κ2) is 9.18. The van der Waals surface area contributed by atoms with E-state index in [-0.39, 0.29) is 19.0 Å². The van der Waals surface area contributed by atoms with E-state index < -0.39 is 5.54 Å². The Morgan fingerprint density at radius 3 is 2.10 bits per heavy atom. The molecule has 0 saturated heterocycles. The van der Waals surface area contributed by atoms with E-state index in [9.17, 15) is 14.6 Å². The van der Waals surface area contributed by atoms with Crippen LogP contribution in [0.2, 0.25) is 0 Å². The molecule has 0 aliphatic carbocycles. The van der Waals surface area contributed by atoms with Crippen LogP contribution < -0.4 is 10.5 Å². The van der Waals surface area contributed by atoms with Crippen LogP contribution in [0.1, 0.15) is 17.5 Å². The molecule has 0 saturated carbocycles. The smallest absolute Gasteiger partial charge is 0.134 e. The highest BCUT2D eigenvalue weighted by molar-refractivity contribution is 5.65. The molecule has 0 atom stereocenters. The molecule has 0 aliphatic rings. The fraction of sp³-hybridized carbons (Fsp3) is 0.250. The summed E-state index contributed by atoms with van der Waals surface area (Å²) in [5.74, 6) is 0.747. The highest BCUT2D eigenvalue weighted by atomic mass is 19.1. The largest absolute Gasteiger partial charge is 0.457 e. The first-order valence-corrected chi connectivity index (χ1v) is 9.56. The van der Waals surface area contributed by atoms with E-state index in [0.717, 1.165) is 16.7 Å². The first-order valence-electron chi connectivity index (χ1n) is 9.56. The van der Waals surface area contributed by atoms with Crippen LogP contribution in [0.4, 0.5) is 4.39 Å². The molecule has 29 heavy (non-hydrogen) atoms. The van der Waals surface area contributed by atoms with Crippen molar-refractivity contribution < 1.29 is 19.3 Å². The summed E-state index contributed by atoms with van der Waals surface area (Å²) in [4.78, 5) is 0. The Bertz CT molecular complexity index is 935. The maximum absolute atomic E-state index is 14.6. The number of benzene rings is 3. The molecule has 0 unspecified atom stereocenters. The minimum atomic E-state index is -0.988. The van der Waals surface area contributed by atoms with Gasteiger partial charge in [-0.25, -0.2) is 4.39 Å². The Balaban J connectivity index is 1.69. The van der Waals surface area contributed by atoms with E-state index in [4.69, 9.17) is 10.5 Å². The molecule has 0 aromatic heterocycles. The fourth-order valence-electron chi connectivity index (χ4n) is 2.99. The van der Waals surface area contributed by atoms with Crippen molar-refractivity contribution in [3.05, 3.63) is 83.7 Å². The van der Waals surface area contributed by atoms with Crippen molar-refractivity contribution in [3.8, 4) is 22.6 Å². The van der Waals surface area contributed by atoms with Crippen molar-refractivity contribution in [1.82, 2.24) is 0 Å². The molecule has 0 aliphatic heterocycles. The molecule has 0 bridgehead atoms. The number of aliphatic hydroxyl groups excluding tert-OH is 2. The second-order valence-corrected chi connectivity index (χ2v) is 7.43. The Kier molecular flexibility index (Phi) is 6.64. The Hall–Kier alpha value is -2.73. The van der Waals surface area contributed by atoms with Gasteiger partial charge in [-0.15, -0.1) is 0 Å². The molecular formula is C24H26FNO3. The van der Waals surface area contributed by atoms with Gasteiger partial charge in [0.25, 0.3) is 0 Å². The van der Waals surface area contributed by atoms with Crippen LogP contribution >= 0.6 is 0 Å². The third-order valence-electron chi connectivity index (χ3n) is 5.00. The standard InChI is InChI=1S/C24H26FNO3/c1-17-2-8-20(9-3-17)29-21-10-11-22(23(25)14-21)19-6-4-18(5-7-19)12-13-24(26,15-27)16-28/h2-11,14,27-28H,12-13,15-16,26H2,1H3. The molecular weight excluding hydrogens is 369 g/mol. The molecule has 3 rings (SSSR count). The summed E-state index contributed by atoms with van der Waals surface area (Å²) < 4.78 is 20.4. The quantitative estimate of drug-likeness (QED) is 0.534. The van der Waals surface area contributed by atoms with Gasteiger partial charge in [0.2, 0.25) is 0 Å². The molecule has 152 valence electrons. The van der Waals surface area contributed by atoms with Crippen molar-refractivity contribution in [2.24, 2.45) is 5.73 Å². The van der Waals surface area contributed by atoms with Gasteiger partial charge in [0.15, 0.2) is 0 Å². The number of halogens is 1. The lowest BCUT2D eigenvalue weighted by atomic mass is 9.93. The Morgan fingerprint density at radius 2 is 1.52 bits per heavy atom. The average Bonchev–Trinajstić information content (AvgIpc) is 2.74. The minimum absolute atomic E-state index is 0.274. The van der Waals surface area contributed by atoms with Crippen LogP contribution in [0.5, 0.6) is 11.5 Å². The lowest BCUT2D eigenvalue weighted by Gasteiger charge is -2.24. The van der Waals surface area contributed by atoms with Gasteiger partial charge in [0, 0.05) is 11.6 Å². The number of nitrogens with two attached hydrogens (primary N) is 1. The van der Waals surface area contributed by atoms with Crippen molar-refractivity contribution >= 4 is 0 Å². The highest BCUT2D eigenvalue weighted by Gasteiger charge is 2.22. The zero-order chi connectivity index (χ0) is 20.9. The molecule has 0 fully saturated rings. The summed E-state index contributed by atoms with van der Waals surface area (Å²) in [7, 11) is 0. The number of aliphatic hydroxyl groups is 2. The molecule has 0 spiro atoms. The number of hydrogen-bond donors (Lipinski definition) is 3. The van der Waals surface area contributed by atoms with Crippen LogP contribution in [0.3, 0.4) is 0 Å². The molecule has 0 heterocycles. The predicted octanol–water partition coefficient (Wildman–Crippen LogP) is 4.21. The van der Waals surface area contributed by atoms with Crippen LogP contribution in [0.15, 0.2) is 66.7 Å². The topological polar surface area (TPSA) is 75.7 Å². The molecule has 4 nitrogen and oxygen atoms in total. The first-order chi connectivity index (χ1) is 13.9. The van der Waals surface area contributed by atoms with Gasteiger partial charge in [-0.3, -0.25) is 0 Å². The monoisotopic (exact) mass is 395 g/mol. The van der Waals surface area contributed by atoms with Gasteiger partial charge >= 0.3 is 0 Å². The van der Waals surface area contributed by atoms with Crippen LogP contribution in [-0.4, -0.2) is 29.0 Å². The van der Waals surface area contributed by atoms with E-state index >= 15 is 0 Å². The van der Waals surface area contributed by atoms with Crippen molar-refractivity contribution in [2.45, 2.75) is 25.3 Å². The van der Waals surface area contributed by atoms with Crippen LogP contribution in [0.25, 0.3) is 11.1 Å². The normalized spacial score (nSPS) is 11.5. The number of ether oxygens (including phenoxy) is 1. The molecule has 5 heteroatoms. The minimum Gasteiger partial charge on any atom is -0.457 e. The average molecular weight is 395 g/mol. The van der Waals surface area contributed by atoms with E-state index in [1.54, 1.807) is 12.1 Å². The predicted molar refractivity (Wildman–Crippen MR) is 113 cm³/mol. The molecule has 0 radical (unpaired) electrons. The second-order valence-electron chi connectivity index (χ2n) is 7.43. The van der Waals surface area contributed by atoms with Crippen molar-refractivity contribution in [3.63, 3.8) is 0 Å². The third kappa shape index (κ3) is 5.41. The zero-order valence-corrected chi connectivity index (χ0v) is 16.4. The van der Waals surface area contributed by atoms with Crippen LogP contribution in [0, 0.1) is 12.7 Å². The van der Waals surface area contributed by atoms with Gasteiger partial charge in [-0.2, -0.15) is 0 Å². The van der Waals surface area contributed by atoms with Crippen LogP contribution in [-0.2, 0) is 6.42 Å². The SMILES string of the molecule is Cc1ccc(Oc2ccc(-c3ccc(CCC(N)(CO)CO)cc3)c(F)c2)cc1. The fourth-order valence-corrected chi connectivity index (χ4v) is 2.99. The molecule has 3 aromatic rings. The van der Waals surface area contributed by atoms with E-state index in [2.05, 4.69) is 0 Å². The van der Waals surface area contributed by atoms with Crippen molar-refractivity contribution in [1.29, 1.82) is 0 Å². The number of hydrogen-bond acceptors (Lipinski definition) is 4. The number of aryl methyl sites for hydroxylation is 2. The summed E-state index contributed by atoms with van der Waals surface area (Å²) >= 11 is 0. The van der Waals surface area contributed by atoms with Gasteiger partial charge in [-0.05, 0) is 55.2 Å². The van der Waals surface area contributed by atoms with Gasteiger partial charge in [0.1, 0.15) is 17.3 Å². The lowest BCUT2D eigenvalue weighted by Crippen LogP contribution is -2.47. The zero-order valence-electron chi connectivity index (χ0n) is 16.4. The van der Waals surface area contributed by atoms with E-state index in [1.807, 2.05) is 55.5 Å². The van der Waals surface area contributed by atoms with Gasteiger partial charge < -0.3 is 20.7 Å². The highest BCUT2D eigenvalue weighted by Crippen LogP contribution is 2.29. The summed E-state index contributed by atoms with van der Waals surface area (Å²) in [6.07, 6.45) is 1.07.